The van der Waals surface area contributed by atoms with E-state index < -0.39 is 23.0 Å². The SMILES string of the molecule is CC1CCC(C(=O)c2c(F)ccc(Br)c2F)C1. The standard InChI is InChI=1S/C13H13BrF2O/c1-7-2-3-8(6-7)13(17)11-10(15)5-4-9(14)12(11)16/h4-5,7-8H,2-3,6H2,1H3. The minimum Gasteiger partial charge on any atom is -0.294 e. The second kappa shape index (κ2) is 4.84. The van der Waals surface area contributed by atoms with E-state index >= 15 is 0 Å². The van der Waals surface area contributed by atoms with Gasteiger partial charge in [-0.1, -0.05) is 6.92 Å². The molecule has 1 saturated carbocycles. The molecule has 0 radical (unpaired) electrons. The number of Topliss-reactive ketones (excluding diaryl/α,β-unsaturated/α-hetero) is 1. The number of carbonyl (C=O) groups excluding carboxylic acids is 1. The Morgan fingerprint density at radius 2 is 2.06 bits per heavy atom. The van der Waals surface area contributed by atoms with Crippen LogP contribution in [-0.4, -0.2) is 5.78 Å². The van der Waals surface area contributed by atoms with Crippen LogP contribution in [0.3, 0.4) is 0 Å². The van der Waals surface area contributed by atoms with Crippen molar-refractivity contribution in [1.29, 1.82) is 0 Å². The van der Waals surface area contributed by atoms with Gasteiger partial charge in [0.2, 0.25) is 0 Å². The average molecular weight is 303 g/mol. The minimum atomic E-state index is -0.783. The van der Waals surface area contributed by atoms with E-state index in [0.717, 1.165) is 25.3 Å². The van der Waals surface area contributed by atoms with Crippen LogP contribution in [0, 0.1) is 23.5 Å². The molecule has 2 unspecified atom stereocenters. The molecule has 0 aromatic heterocycles. The number of hydrogen-bond donors (Lipinski definition) is 0. The second-order valence-corrected chi connectivity index (χ2v) is 5.55. The molecule has 0 aliphatic heterocycles. The Kier molecular flexibility index (Phi) is 3.61. The Labute approximate surface area is 107 Å². The molecule has 1 aliphatic carbocycles. The highest BCUT2D eigenvalue weighted by atomic mass is 79.9. The number of halogens is 3. The van der Waals surface area contributed by atoms with Crippen LogP contribution in [0.4, 0.5) is 8.78 Å². The largest absolute Gasteiger partial charge is 0.294 e. The first-order valence-electron chi connectivity index (χ1n) is 5.68. The summed E-state index contributed by atoms with van der Waals surface area (Å²) in [6.07, 6.45) is 2.41. The van der Waals surface area contributed by atoms with E-state index in [9.17, 15) is 13.6 Å². The highest BCUT2D eigenvalue weighted by Crippen LogP contribution is 2.34. The fourth-order valence-electron chi connectivity index (χ4n) is 2.40. The third-order valence-electron chi connectivity index (χ3n) is 3.36. The molecule has 1 aliphatic rings. The van der Waals surface area contributed by atoms with E-state index in [0.29, 0.717) is 5.92 Å². The van der Waals surface area contributed by atoms with Gasteiger partial charge in [0.25, 0.3) is 0 Å². The van der Waals surface area contributed by atoms with Crippen LogP contribution < -0.4 is 0 Å². The third-order valence-corrected chi connectivity index (χ3v) is 3.97. The fraction of sp³-hybridized carbons (Fsp3) is 0.462. The molecule has 1 aromatic rings. The molecule has 92 valence electrons. The summed E-state index contributed by atoms with van der Waals surface area (Å²) in [5, 5.41) is 0. The van der Waals surface area contributed by atoms with Crippen molar-refractivity contribution in [3.05, 3.63) is 33.8 Å². The van der Waals surface area contributed by atoms with Crippen LogP contribution in [0.1, 0.15) is 36.5 Å². The lowest BCUT2D eigenvalue weighted by Crippen LogP contribution is -2.15. The van der Waals surface area contributed by atoms with Crippen LogP contribution in [0.15, 0.2) is 16.6 Å². The molecule has 0 heterocycles. The molecule has 0 N–H and O–H groups in total. The minimum absolute atomic E-state index is 0.133. The topological polar surface area (TPSA) is 17.1 Å². The van der Waals surface area contributed by atoms with Crippen molar-refractivity contribution >= 4 is 21.7 Å². The lowest BCUT2D eigenvalue weighted by molar-refractivity contribution is 0.0911. The number of benzene rings is 1. The third kappa shape index (κ3) is 2.41. The Balaban J connectivity index is 2.34. The smallest absolute Gasteiger partial charge is 0.171 e. The number of hydrogen-bond acceptors (Lipinski definition) is 1. The molecule has 0 saturated heterocycles. The predicted octanol–water partition coefficient (Wildman–Crippen LogP) is 4.35. The molecule has 0 amide bonds. The zero-order chi connectivity index (χ0) is 12.6. The molecule has 2 rings (SSSR count). The second-order valence-electron chi connectivity index (χ2n) is 4.70. The van der Waals surface area contributed by atoms with E-state index in [2.05, 4.69) is 22.9 Å². The summed E-state index contributed by atoms with van der Waals surface area (Å²) >= 11 is 2.98. The Bertz CT molecular complexity index is 459. The van der Waals surface area contributed by atoms with Gasteiger partial charge in [-0.2, -0.15) is 0 Å². The molecule has 1 nitrogen and oxygen atoms in total. The molecule has 2 atom stereocenters. The van der Waals surface area contributed by atoms with Crippen LogP contribution >= 0.6 is 15.9 Å². The molecule has 4 heteroatoms. The van der Waals surface area contributed by atoms with Gasteiger partial charge in [-0.05, 0) is 53.2 Å². The van der Waals surface area contributed by atoms with E-state index in [1.54, 1.807) is 0 Å². The van der Waals surface area contributed by atoms with Crippen molar-refractivity contribution in [1.82, 2.24) is 0 Å². The maximum Gasteiger partial charge on any atom is 0.171 e. The monoisotopic (exact) mass is 302 g/mol. The highest BCUT2D eigenvalue weighted by molar-refractivity contribution is 9.10. The van der Waals surface area contributed by atoms with Gasteiger partial charge in [0, 0.05) is 5.92 Å². The summed E-state index contributed by atoms with van der Waals surface area (Å²) < 4.78 is 27.4. The Morgan fingerprint density at radius 3 is 2.65 bits per heavy atom. The van der Waals surface area contributed by atoms with Gasteiger partial charge in [0.15, 0.2) is 11.6 Å². The van der Waals surface area contributed by atoms with Crippen molar-refractivity contribution in [2.24, 2.45) is 11.8 Å². The summed E-state index contributed by atoms with van der Waals surface area (Å²) in [5.41, 5.74) is -0.390. The van der Waals surface area contributed by atoms with E-state index in [4.69, 9.17) is 0 Å². The first-order chi connectivity index (χ1) is 8.00. The van der Waals surface area contributed by atoms with Gasteiger partial charge >= 0.3 is 0 Å². The summed E-state index contributed by atoms with van der Waals surface area (Å²) in [5.74, 6) is -1.72. The average Bonchev–Trinajstić information content (AvgIpc) is 2.71. The maximum absolute atomic E-state index is 13.8. The molecule has 1 aromatic carbocycles. The van der Waals surface area contributed by atoms with Crippen LogP contribution in [0.25, 0.3) is 0 Å². The summed E-state index contributed by atoms with van der Waals surface area (Å²) in [4.78, 5) is 12.1. The molecule has 0 bridgehead atoms. The van der Waals surface area contributed by atoms with Crippen LogP contribution in [-0.2, 0) is 0 Å². The van der Waals surface area contributed by atoms with Crippen LogP contribution in [0.5, 0.6) is 0 Å². The summed E-state index contributed by atoms with van der Waals surface area (Å²) in [6.45, 7) is 2.06. The summed E-state index contributed by atoms with van der Waals surface area (Å²) in [7, 11) is 0. The molecular formula is C13H13BrF2O. The Hall–Kier alpha value is -0.770. The molecule has 0 spiro atoms. The predicted molar refractivity (Wildman–Crippen MR) is 64.9 cm³/mol. The first kappa shape index (κ1) is 12.7. The number of ketones is 1. The van der Waals surface area contributed by atoms with Crippen molar-refractivity contribution in [3.8, 4) is 0 Å². The van der Waals surface area contributed by atoms with Gasteiger partial charge in [-0.25, -0.2) is 8.78 Å². The molecule has 1 fully saturated rings. The zero-order valence-electron chi connectivity index (χ0n) is 9.47. The van der Waals surface area contributed by atoms with Gasteiger partial charge in [-0.3, -0.25) is 4.79 Å². The Morgan fingerprint density at radius 1 is 1.35 bits per heavy atom. The van der Waals surface area contributed by atoms with Crippen LogP contribution in [0.2, 0.25) is 0 Å². The van der Waals surface area contributed by atoms with E-state index in [1.807, 2.05) is 0 Å². The lowest BCUT2D eigenvalue weighted by atomic mass is 9.94. The molecular weight excluding hydrogens is 290 g/mol. The quantitative estimate of drug-likeness (QED) is 0.586. The van der Waals surface area contributed by atoms with Crippen molar-refractivity contribution < 1.29 is 13.6 Å². The van der Waals surface area contributed by atoms with E-state index in [1.165, 1.54) is 6.07 Å². The number of carbonyl (C=O) groups is 1. The van der Waals surface area contributed by atoms with Gasteiger partial charge in [0.05, 0.1) is 10.0 Å². The normalized spacial score (nSPS) is 24.0. The van der Waals surface area contributed by atoms with Gasteiger partial charge < -0.3 is 0 Å². The number of rotatable bonds is 2. The lowest BCUT2D eigenvalue weighted by Gasteiger charge is -2.11. The fourth-order valence-corrected chi connectivity index (χ4v) is 2.73. The summed E-state index contributed by atoms with van der Waals surface area (Å²) in [6, 6.07) is 2.40. The highest BCUT2D eigenvalue weighted by Gasteiger charge is 2.31. The van der Waals surface area contributed by atoms with Crippen molar-refractivity contribution in [3.63, 3.8) is 0 Å². The van der Waals surface area contributed by atoms with Crippen molar-refractivity contribution in [2.45, 2.75) is 26.2 Å². The van der Waals surface area contributed by atoms with Gasteiger partial charge in [-0.15, -0.1) is 0 Å². The van der Waals surface area contributed by atoms with E-state index in [-0.39, 0.29) is 10.4 Å². The van der Waals surface area contributed by atoms with Crippen molar-refractivity contribution in [2.75, 3.05) is 0 Å². The van der Waals surface area contributed by atoms with Gasteiger partial charge in [0.1, 0.15) is 5.82 Å². The maximum atomic E-state index is 13.8. The molecule has 17 heavy (non-hydrogen) atoms. The first-order valence-corrected chi connectivity index (χ1v) is 6.47. The zero-order valence-corrected chi connectivity index (χ0v) is 11.1.